The molecule has 2 aromatic heterocycles. The molecule has 0 aliphatic carbocycles. The molecule has 0 spiro atoms. The van der Waals surface area contributed by atoms with Gasteiger partial charge in [-0.2, -0.15) is 0 Å². The lowest BCUT2D eigenvalue weighted by Gasteiger charge is -2.19. The predicted molar refractivity (Wildman–Crippen MR) is 69.4 cm³/mol. The number of amides is 1. The molecule has 0 aliphatic rings. The van der Waals surface area contributed by atoms with Crippen LogP contribution in [0.15, 0.2) is 30.6 Å². The van der Waals surface area contributed by atoms with Gasteiger partial charge in [0.2, 0.25) is 0 Å². The summed E-state index contributed by atoms with van der Waals surface area (Å²) in [6.07, 6.45) is 2.83. The van der Waals surface area contributed by atoms with Gasteiger partial charge in [0.15, 0.2) is 0 Å². The quantitative estimate of drug-likeness (QED) is 0.838. The highest BCUT2D eigenvalue weighted by molar-refractivity contribution is 5.86. The van der Waals surface area contributed by atoms with E-state index in [0.717, 1.165) is 10.9 Å². The Kier molecular flexibility index (Phi) is 3.14. The molecule has 5 heteroatoms. The maximum Gasteiger partial charge on any atom is 0.413 e. The Balaban J connectivity index is 2.15. The highest BCUT2D eigenvalue weighted by Gasteiger charge is 2.16. The molecule has 2 aromatic rings. The number of anilines is 1. The molecular formula is C13H15N3O2. The van der Waals surface area contributed by atoms with E-state index in [2.05, 4.69) is 15.3 Å². The van der Waals surface area contributed by atoms with Gasteiger partial charge in [0.25, 0.3) is 0 Å². The van der Waals surface area contributed by atoms with Gasteiger partial charge in [-0.3, -0.25) is 10.3 Å². The third kappa shape index (κ3) is 3.16. The van der Waals surface area contributed by atoms with Crippen molar-refractivity contribution >= 4 is 22.8 Å². The Bertz CT molecular complexity index is 576. The number of nitrogens with zero attached hydrogens (tertiary/aromatic N) is 2. The molecule has 2 heterocycles. The monoisotopic (exact) mass is 245 g/mol. The number of pyridine rings is 2. The zero-order valence-electron chi connectivity index (χ0n) is 10.6. The minimum absolute atomic E-state index is 0.449. The van der Waals surface area contributed by atoms with E-state index >= 15 is 0 Å². The van der Waals surface area contributed by atoms with Crippen molar-refractivity contribution in [3.05, 3.63) is 30.6 Å². The van der Waals surface area contributed by atoms with E-state index in [1.54, 1.807) is 18.5 Å². The first-order chi connectivity index (χ1) is 8.44. The van der Waals surface area contributed by atoms with Crippen molar-refractivity contribution < 1.29 is 9.53 Å². The summed E-state index contributed by atoms with van der Waals surface area (Å²) in [4.78, 5) is 19.8. The summed E-state index contributed by atoms with van der Waals surface area (Å²) in [6.45, 7) is 5.43. The lowest BCUT2D eigenvalue weighted by Crippen LogP contribution is -2.27. The number of nitrogens with one attached hydrogen (secondary N) is 1. The fraction of sp³-hybridized carbons (Fsp3) is 0.308. The van der Waals surface area contributed by atoms with Crippen LogP contribution in [-0.2, 0) is 4.74 Å². The minimum atomic E-state index is -0.525. The van der Waals surface area contributed by atoms with Gasteiger partial charge in [-0.1, -0.05) is 0 Å². The average molecular weight is 245 g/mol. The molecule has 5 nitrogen and oxygen atoms in total. The van der Waals surface area contributed by atoms with Crippen LogP contribution < -0.4 is 5.32 Å². The van der Waals surface area contributed by atoms with Crippen LogP contribution in [0.1, 0.15) is 20.8 Å². The van der Waals surface area contributed by atoms with Crippen molar-refractivity contribution in [3.63, 3.8) is 0 Å². The fourth-order valence-electron chi connectivity index (χ4n) is 1.44. The minimum Gasteiger partial charge on any atom is -0.444 e. The van der Waals surface area contributed by atoms with Crippen LogP contribution in [0.2, 0.25) is 0 Å². The topological polar surface area (TPSA) is 64.1 Å². The summed E-state index contributed by atoms with van der Waals surface area (Å²) in [6, 6.07) is 5.46. The smallest absolute Gasteiger partial charge is 0.413 e. The molecule has 18 heavy (non-hydrogen) atoms. The van der Waals surface area contributed by atoms with Gasteiger partial charge in [0.1, 0.15) is 11.4 Å². The van der Waals surface area contributed by atoms with E-state index in [9.17, 15) is 4.79 Å². The van der Waals surface area contributed by atoms with Crippen LogP contribution >= 0.6 is 0 Å². The number of rotatable bonds is 1. The van der Waals surface area contributed by atoms with Gasteiger partial charge in [-0.25, -0.2) is 9.78 Å². The lowest BCUT2D eigenvalue weighted by atomic mass is 10.2. The molecule has 0 unspecified atom stereocenters. The maximum absolute atomic E-state index is 11.6. The van der Waals surface area contributed by atoms with Crippen molar-refractivity contribution in [2.45, 2.75) is 26.4 Å². The Morgan fingerprint density at radius 2 is 2.06 bits per heavy atom. The zero-order valence-corrected chi connectivity index (χ0v) is 10.6. The van der Waals surface area contributed by atoms with Crippen molar-refractivity contribution in [2.75, 3.05) is 5.32 Å². The number of carbonyl (C=O) groups is 1. The molecule has 0 aromatic carbocycles. The summed E-state index contributed by atoms with van der Waals surface area (Å²) in [5, 5.41) is 3.56. The van der Waals surface area contributed by atoms with Crippen LogP contribution in [0.25, 0.3) is 10.9 Å². The van der Waals surface area contributed by atoms with E-state index in [-0.39, 0.29) is 0 Å². The molecule has 0 saturated carbocycles. The summed E-state index contributed by atoms with van der Waals surface area (Å²) in [5.41, 5.74) is 0.203. The Morgan fingerprint density at radius 1 is 1.28 bits per heavy atom. The fourth-order valence-corrected chi connectivity index (χ4v) is 1.44. The van der Waals surface area contributed by atoms with E-state index < -0.39 is 11.7 Å². The number of fused-ring (bicyclic) bond motifs is 1. The molecule has 0 aliphatic heterocycles. The molecular weight excluding hydrogens is 230 g/mol. The lowest BCUT2D eigenvalue weighted by molar-refractivity contribution is 0.0635. The van der Waals surface area contributed by atoms with Crippen LogP contribution in [-0.4, -0.2) is 21.7 Å². The summed E-state index contributed by atoms with van der Waals surface area (Å²) in [7, 11) is 0. The van der Waals surface area contributed by atoms with Crippen molar-refractivity contribution in [3.8, 4) is 0 Å². The van der Waals surface area contributed by atoms with Crippen molar-refractivity contribution in [1.82, 2.24) is 9.97 Å². The van der Waals surface area contributed by atoms with Gasteiger partial charge in [-0.05, 0) is 39.0 Å². The number of hydrogen-bond acceptors (Lipinski definition) is 4. The van der Waals surface area contributed by atoms with Crippen LogP contribution in [0.4, 0.5) is 10.6 Å². The zero-order chi connectivity index (χ0) is 13.2. The number of hydrogen-bond donors (Lipinski definition) is 1. The third-order valence-corrected chi connectivity index (χ3v) is 2.12. The highest BCUT2D eigenvalue weighted by atomic mass is 16.6. The molecule has 2 rings (SSSR count). The normalized spacial score (nSPS) is 11.3. The van der Waals surface area contributed by atoms with E-state index in [0.29, 0.717) is 5.82 Å². The Morgan fingerprint density at radius 3 is 2.78 bits per heavy atom. The number of ether oxygens (including phenoxy) is 1. The maximum atomic E-state index is 11.6. The van der Waals surface area contributed by atoms with Crippen LogP contribution in [0, 0.1) is 0 Å². The molecule has 94 valence electrons. The molecule has 0 atom stereocenters. The van der Waals surface area contributed by atoms with Gasteiger partial charge in [0, 0.05) is 11.6 Å². The molecule has 0 fully saturated rings. The van der Waals surface area contributed by atoms with Crippen LogP contribution in [0.5, 0.6) is 0 Å². The van der Waals surface area contributed by atoms with Gasteiger partial charge < -0.3 is 4.74 Å². The van der Waals surface area contributed by atoms with Gasteiger partial charge in [0.05, 0.1) is 11.7 Å². The first-order valence-electron chi connectivity index (χ1n) is 5.65. The summed E-state index contributed by atoms with van der Waals surface area (Å²) < 4.78 is 5.15. The van der Waals surface area contributed by atoms with Gasteiger partial charge in [-0.15, -0.1) is 0 Å². The molecule has 0 radical (unpaired) electrons. The molecule has 0 bridgehead atoms. The summed E-state index contributed by atoms with van der Waals surface area (Å²) in [5.74, 6) is 0.449. The largest absolute Gasteiger partial charge is 0.444 e. The first kappa shape index (κ1) is 12.3. The average Bonchev–Trinajstić information content (AvgIpc) is 2.26. The van der Waals surface area contributed by atoms with E-state index in [1.165, 1.54) is 0 Å². The van der Waals surface area contributed by atoms with Crippen molar-refractivity contribution in [1.29, 1.82) is 0 Å². The third-order valence-electron chi connectivity index (χ3n) is 2.12. The first-order valence-corrected chi connectivity index (χ1v) is 5.65. The van der Waals surface area contributed by atoms with Crippen LogP contribution in [0.3, 0.4) is 0 Å². The van der Waals surface area contributed by atoms with Crippen molar-refractivity contribution in [2.24, 2.45) is 0 Å². The Labute approximate surface area is 105 Å². The SMILES string of the molecule is CC(C)(C)OC(=O)Nc1ccc2ccncc2n1. The second kappa shape index (κ2) is 4.60. The van der Waals surface area contributed by atoms with Gasteiger partial charge >= 0.3 is 6.09 Å². The number of aromatic nitrogens is 2. The molecule has 1 N–H and O–H groups in total. The molecule has 0 saturated heterocycles. The second-order valence-electron chi connectivity index (χ2n) is 4.89. The standard InChI is InChI=1S/C13H15N3O2/c1-13(2,3)18-12(17)16-11-5-4-9-6-7-14-8-10(9)15-11/h4-8H,1-3H3,(H,15,16,17). The molecule has 1 amide bonds. The second-order valence-corrected chi connectivity index (χ2v) is 4.89. The highest BCUT2D eigenvalue weighted by Crippen LogP contribution is 2.14. The van der Waals surface area contributed by atoms with E-state index in [4.69, 9.17) is 4.74 Å². The van der Waals surface area contributed by atoms with E-state index in [1.807, 2.05) is 32.9 Å². The predicted octanol–water partition coefficient (Wildman–Crippen LogP) is 2.98. The number of carbonyl (C=O) groups excluding carboxylic acids is 1. The Hall–Kier alpha value is -2.17. The summed E-state index contributed by atoms with van der Waals surface area (Å²) >= 11 is 0.